The van der Waals surface area contributed by atoms with Gasteiger partial charge in [-0.2, -0.15) is 0 Å². The van der Waals surface area contributed by atoms with Gasteiger partial charge in [-0.05, 0) is 29.8 Å². The highest BCUT2D eigenvalue weighted by Gasteiger charge is 2.55. The molecule has 3 aromatic carbocycles. The standard InChI is InChI=1S/C25H18ClNO5/c1-32-24(31)19-8-4-5-9-20(19)27-21(28)14-25(15-10-12-16(26)13-11-15)22(29)17-6-2-3-7-18(17)23(25)30/h2-13H,14H2,1H3,(H,27,28). The van der Waals surface area contributed by atoms with Crippen molar-refractivity contribution in [3.63, 3.8) is 0 Å². The molecule has 0 heterocycles. The summed E-state index contributed by atoms with van der Waals surface area (Å²) < 4.78 is 4.76. The molecule has 0 fully saturated rings. The molecule has 0 unspecified atom stereocenters. The molecule has 160 valence electrons. The van der Waals surface area contributed by atoms with Crippen LogP contribution in [-0.2, 0) is 14.9 Å². The molecule has 0 bridgehead atoms. The van der Waals surface area contributed by atoms with E-state index in [1.54, 1.807) is 66.7 Å². The van der Waals surface area contributed by atoms with Crippen LogP contribution in [0, 0.1) is 0 Å². The number of anilines is 1. The minimum absolute atomic E-state index is 0.163. The normalized spacial score (nSPS) is 14.1. The first-order valence-corrected chi connectivity index (χ1v) is 10.2. The Labute approximate surface area is 189 Å². The molecule has 0 aromatic heterocycles. The van der Waals surface area contributed by atoms with Gasteiger partial charge in [-0.15, -0.1) is 0 Å². The number of amides is 1. The number of hydrogen-bond acceptors (Lipinski definition) is 5. The highest BCUT2D eigenvalue weighted by atomic mass is 35.5. The Kier molecular flexibility index (Phi) is 5.63. The molecule has 6 nitrogen and oxygen atoms in total. The Bertz CT molecular complexity index is 1210. The summed E-state index contributed by atoms with van der Waals surface area (Å²) in [6.07, 6.45) is -0.434. The zero-order valence-electron chi connectivity index (χ0n) is 17.1. The number of nitrogens with one attached hydrogen (secondary N) is 1. The SMILES string of the molecule is COC(=O)c1ccccc1NC(=O)CC1(c2ccc(Cl)cc2)C(=O)c2ccccc2C1=O. The summed E-state index contributed by atoms with van der Waals surface area (Å²) in [4.78, 5) is 52.2. The number of ether oxygens (including phenoxy) is 1. The van der Waals surface area contributed by atoms with Crippen molar-refractivity contribution in [1.82, 2.24) is 0 Å². The molecule has 0 spiro atoms. The third-order valence-electron chi connectivity index (χ3n) is 5.56. The van der Waals surface area contributed by atoms with Crippen LogP contribution >= 0.6 is 11.6 Å². The van der Waals surface area contributed by atoms with Crippen molar-refractivity contribution >= 4 is 40.7 Å². The molecule has 1 aliphatic rings. The van der Waals surface area contributed by atoms with Crippen molar-refractivity contribution < 1.29 is 23.9 Å². The van der Waals surface area contributed by atoms with Crippen LogP contribution < -0.4 is 5.32 Å². The molecular formula is C25H18ClNO5. The number of halogens is 1. The van der Waals surface area contributed by atoms with Crippen molar-refractivity contribution in [2.24, 2.45) is 0 Å². The third-order valence-corrected chi connectivity index (χ3v) is 5.81. The van der Waals surface area contributed by atoms with Gasteiger partial charge in [0.05, 0.1) is 24.8 Å². The summed E-state index contributed by atoms with van der Waals surface area (Å²) in [7, 11) is 1.24. The van der Waals surface area contributed by atoms with Crippen LogP contribution in [-0.4, -0.2) is 30.6 Å². The van der Waals surface area contributed by atoms with Crippen LogP contribution in [0.1, 0.15) is 43.1 Å². The Morgan fingerprint density at radius 2 is 1.44 bits per heavy atom. The zero-order valence-corrected chi connectivity index (χ0v) is 17.8. The van der Waals surface area contributed by atoms with E-state index in [1.807, 2.05) is 0 Å². The number of Topliss-reactive ketones (excluding diaryl/α,β-unsaturated/α-hetero) is 2. The topological polar surface area (TPSA) is 89.5 Å². The molecule has 1 N–H and O–H groups in total. The number of carbonyl (C=O) groups excluding carboxylic acids is 4. The van der Waals surface area contributed by atoms with Gasteiger partial charge in [-0.1, -0.05) is 60.1 Å². The summed E-state index contributed by atoms with van der Waals surface area (Å²) in [6.45, 7) is 0. The first-order chi connectivity index (χ1) is 15.4. The Hall–Kier alpha value is -3.77. The first kappa shape index (κ1) is 21.5. The van der Waals surface area contributed by atoms with Gasteiger partial charge in [0.2, 0.25) is 5.91 Å². The van der Waals surface area contributed by atoms with Crippen molar-refractivity contribution in [3.05, 3.63) is 100 Å². The summed E-state index contributed by atoms with van der Waals surface area (Å²) in [5, 5.41) is 3.10. The van der Waals surface area contributed by atoms with Crippen LogP contribution in [0.2, 0.25) is 5.02 Å². The van der Waals surface area contributed by atoms with Crippen molar-refractivity contribution in [2.45, 2.75) is 11.8 Å². The summed E-state index contributed by atoms with van der Waals surface area (Å²) in [5.74, 6) is -2.10. The van der Waals surface area contributed by atoms with E-state index < -0.39 is 35.3 Å². The monoisotopic (exact) mass is 447 g/mol. The number of esters is 1. The number of carbonyl (C=O) groups is 4. The largest absolute Gasteiger partial charge is 0.465 e. The average molecular weight is 448 g/mol. The maximum Gasteiger partial charge on any atom is 0.339 e. The zero-order chi connectivity index (χ0) is 22.9. The Balaban J connectivity index is 1.75. The molecular weight excluding hydrogens is 430 g/mol. The lowest BCUT2D eigenvalue weighted by molar-refractivity contribution is -0.116. The van der Waals surface area contributed by atoms with Crippen LogP contribution in [0.25, 0.3) is 0 Å². The van der Waals surface area contributed by atoms with Gasteiger partial charge in [-0.25, -0.2) is 4.79 Å². The van der Waals surface area contributed by atoms with Gasteiger partial charge in [-0.3, -0.25) is 14.4 Å². The minimum Gasteiger partial charge on any atom is -0.465 e. The van der Waals surface area contributed by atoms with E-state index in [1.165, 1.54) is 13.2 Å². The van der Waals surface area contributed by atoms with Gasteiger partial charge in [0, 0.05) is 16.1 Å². The number of para-hydroxylation sites is 1. The Morgan fingerprint density at radius 3 is 2.03 bits per heavy atom. The maximum atomic E-state index is 13.5. The number of benzene rings is 3. The smallest absolute Gasteiger partial charge is 0.339 e. The molecule has 0 radical (unpaired) electrons. The lowest BCUT2D eigenvalue weighted by Gasteiger charge is -2.26. The van der Waals surface area contributed by atoms with Crippen molar-refractivity contribution in [1.29, 1.82) is 0 Å². The number of hydrogen-bond donors (Lipinski definition) is 1. The van der Waals surface area contributed by atoms with E-state index in [-0.39, 0.29) is 22.4 Å². The first-order valence-electron chi connectivity index (χ1n) is 9.80. The summed E-state index contributed by atoms with van der Waals surface area (Å²) in [6, 6.07) is 19.2. The summed E-state index contributed by atoms with van der Waals surface area (Å²) >= 11 is 6.01. The molecule has 0 atom stereocenters. The minimum atomic E-state index is -1.72. The molecule has 3 aromatic rings. The lowest BCUT2D eigenvalue weighted by atomic mass is 9.73. The lowest BCUT2D eigenvalue weighted by Crippen LogP contribution is -2.42. The molecule has 0 aliphatic heterocycles. The highest BCUT2D eigenvalue weighted by molar-refractivity contribution is 6.34. The van der Waals surface area contributed by atoms with E-state index >= 15 is 0 Å². The quantitative estimate of drug-likeness (QED) is 0.460. The second-order valence-electron chi connectivity index (χ2n) is 7.38. The third kappa shape index (κ3) is 3.48. The van der Waals surface area contributed by atoms with Crippen LogP contribution in [0.5, 0.6) is 0 Å². The highest BCUT2D eigenvalue weighted by Crippen LogP contribution is 2.43. The molecule has 0 saturated carbocycles. The van der Waals surface area contributed by atoms with Crippen LogP contribution in [0.4, 0.5) is 5.69 Å². The van der Waals surface area contributed by atoms with E-state index in [2.05, 4.69) is 5.32 Å². The van der Waals surface area contributed by atoms with Crippen molar-refractivity contribution in [2.75, 3.05) is 12.4 Å². The van der Waals surface area contributed by atoms with E-state index in [4.69, 9.17) is 16.3 Å². The fourth-order valence-electron chi connectivity index (χ4n) is 4.02. The van der Waals surface area contributed by atoms with Gasteiger partial charge < -0.3 is 10.1 Å². The van der Waals surface area contributed by atoms with Gasteiger partial charge >= 0.3 is 5.97 Å². The average Bonchev–Trinajstić information content (AvgIpc) is 3.02. The molecule has 1 aliphatic carbocycles. The Morgan fingerprint density at radius 1 is 0.875 bits per heavy atom. The predicted molar refractivity (Wildman–Crippen MR) is 119 cm³/mol. The second-order valence-corrected chi connectivity index (χ2v) is 7.81. The fraction of sp³-hybridized carbons (Fsp3) is 0.120. The molecule has 7 heteroatoms. The van der Waals surface area contributed by atoms with E-state index in [0.717, 1.165) is 0 Å². The number of fused-ring (bicyclic) bond motifs is 1. The van der Waals surface area contributed by atoms with Crippen LogP contribution in [0.15, 0.2) is 72.8 Å². The number of rotatable bonds is 5. The van der Waals surface area contributed by atoms with Gasteiger partial charge in [0.15, 0.2) is 11.6 Å². The van der Waals surface area contributed by atoms with Crippen molar-refractivity contribution in [3.8, 4) is 0 Å². The van der Waals surface area contributed by atoms with Gasteiger partial charge in [0.1, 0.15) is 5.41 Å². The number of methoxy groups -OCH3 is 1. The van der Waals surface area contributed by atoms with Gasteiger partial charge in [0.25, 0.3) is 0 Å². The predicted octanol–water partition coefficient (Wildman–Crippen LogP) is 4.47. The summed E-state index contributed by atoms with van der Waals surface area (Å²) in [5.41, 5.74) is -0.407. The van der Waals surface area contributed by atoms with E-state index in [9.17, 15) is 19.2 Å². The second kappa shape index (κ2) is 8.40. The molecule has 32 heavy (non-hydrogen) atoms. The molecule has 4 rings (SSSR count). The number of ketones is 2. The molecule has 0 saturated heterocycles. The molecule has 1 amide bonds. The van der Waals surface area contributed by atoms with Crippen LogP contribution in [0.3, 0.4) is 0 Å². The maximum absolute atomic E-state index is 13.5. The van der Waals surface area contributed by atoms with E-state index in [0.29, 0.717) is 10.6 Å². The fourth-order valence-corrected chi connectivity index (χ4v) is 4.14.